The summed E-state index contributed by atoms with van der Waals surface area (Å²) in [5.74, 6) is 0. The molecule has 1 rings (SSSR count). The molecule has 5 heteroatoms. The van der Waals surface area contributed by atoms with Crippen LogP contribution in [0, 0.1) is 6.92 Å². The highest BCUT2D eigenvalue weighted by molar-refractivity contribution is 9.10. The largest absolute Gasteiger partial charge is 0.380 e. The lowest BCUT2D eigenvalue weighted by Gasteiger charge is -2.24. The molecule has 0 amide bonds. The molecule has 0 spiro atoms. The molecule has 0 bridgehead atoms. The zero-order valence-electron chi connectivity index (χ0n) is 10.4. The van der Waals surface area contributed by atoms with Gasteiger partial charge in [0.05, 0.1) is 22.5 Å². The predicted octanol–water partition coefficient (Wildman–Crippen LogP) is 1.79. The first kappa shape index (κ1) is 13.7. The van der Waals surface area contributed by atoms with Crippen LogP contribution in [0.4, 0.5) is 0 Å². The molecule has 0 aliphatic heterocycles. The molecular formula is C11H20BrN3O. The molecule has 4 nitrogen and oxygen atoms in total. The summed E-state index contributed by atoms with van der Waals surface area (Å²) in [5.41, 5.74) is 7.94. The summed E-state index contributed by atoms with van der Waals surface area (Å²) in [6.45, 7) is 7.19. The summed E-state index contributed by atoms with van der Waals surface area (Å²) < 4.78 is 8.30. The van der Waals surface area contributed by atoms with Gasteiger partial charge in [-0.2, -0.15) is 5.10 Å². The number of halogens is 1. The summed E-state index contributed by atoms with van der Waals surface area (Å²) >= 11 is 3.54. The highest BCUT2D eigenvalue weighted by Gasteiger charge is 2.23. The monoisotopic (exact) mass is 289 g/mol. The maximum Gasteiger partial charge on any atom is 0.0738 e. The van der Waals surface area contributed by atoms with Crippen molar-refractivity contribution in [2.75, 3.05) is 13.2 Å². The fourth-order valence-corrected chi connectivity index (χ4v) is 2.12. The first-order valence-corrected chi connectivity index (χ1v) is 6.21. The van der Waals surface area contributed by atoms with Gasteiger partial charge in [-0.1, -0.05) is 0 Å². The van der Waals surface area contributed by atoms with E-state index in [1.54, 1.807) is 0 Å². The highest BCUT2D eigenvalue weighted by Crippen LogP contribution is 2.23. The van der Waals surface area contributed by atoms with Crippen LogP contribution < -0.4 is 5.73 Å². The average Bonchev–Trinajstić information content (AvgIpc) is 2.42. The molecule has 1 aromatic heterocycles. The SMILES string of the molecule is CCOCC(C)(N)Cc1c(Br)c(C)nn1C. The number of aryl methyl sites for hydroxylation is 2. The topological polar surface area (TPSA) is 53.1 Å². The van der Waals surface area contributed by atoms with E-state index in [4.69, 9.17) is 10.5 Å². The van der Waals surface area contributed by atoms with E-state index in [-0.39, 0.29) is 5.54 Å². The normalized spacial score (nSPS) is 15.1. The van der Waals surface area contributed by atoms with Gasteiger partial charge in [-0.05, 0) is 36.7 Å². The van der Waals surface area contributed by atoms with Crippen LogP contribution in [0.2, 0.25) is 0 Å². The lowest BCUT2D eigenvalue weighted by Crippen LogP contribution is -2.44. The molecule has 2 N–H and O–H groups in total. The zero-order valence-corrected chi connectivity index (χ0v) is 12.0. The molecule has 0 saturated heterocycles. The van der Waals surface area contributed by atoms with Gasteiger partial charge in [0, 0.05) is 25.6 Å². The van der Waals surface area contributed by atoms with Crippen LogP contribution in [0.25, 0.3) is 0 Å². The van der Waals surface area contributed by atoms with Crippen LogP contribution in [0.1, 0.15) is 25.2 Å². The molecule has 1 heterocycles. The van der Waals surface area contributed by atoms with Gasteiger partial charge in [0.1, 0.15) is 0 Å². The second-order valence-electron chi connectivity index (χ2n) is 4.44. The quantitative estimate of drug-likeness (QED) is 0.899. The third-order valence-electron chi connectivity index (χ3n) is 2.47. The number of rotatable bonds is 5. The fourth-order valence-electron chi connectivity index (χ4n) is 1.64. The average molecular weight is 290 g/mol. The molecule has 0 aromatic carbocycles. The minimum Gasteiger partial charge on any atom is -0.380 e. The summed E-state index contributed by atoms with van der Waals surface area (Å²) in [6, 6.07) is 0. The Morgan fingerprint density at radius 2 is 2.19 bits per heavy atom. The third kappa shape index (κ3) is 3.30. The van der Waals surface area contributed by atoms with E-state index >= 15 is 0 Å². The molecule has 1 aromatic rings. The van der Waals surface area contributed by atoms with Crippen molar-refractivity contribution in [2.45, 2.75) is 32.7 Å². The Morgan fingerprint density at radius 3 is 2.62 bits per heavy atom. The molecular weight excluding hydrogens is 270 g/mol. The molecule has 0 fully saturated rings. The van der Waals surface area contributed by atoms with E-state index in [1.807, 2.05) is 32.5 Å². The molecule has 1 atom stereocenters. The highest BCUT2D eigenvalue weighted by atomic mass is 79.9. The summed E-state index contributed by atoms with van der Waals surface area (Å²) in [6.07, 6.45) is 0.741. The van der Waals surface area contributed by atoms with Crippen LogP contribution in [0.3, 0.4) is 0 Å². The van der Waals surface area contributed by atoms with Crippen molar-refractivity contribution in [3.8, 4) is 0 Å². The van der Waals surface area contributed by atoms with E-state index in [2.05, 4.69) is 21.0 Å². The lowest BCUT2D eigenvalue weighted by atomic mass is 9.98. The van der Waals surface area contributed by atoms with Crippen molar-refractivity contribution in [2.24, 2.45) is 12.8 Å². The Hall–Kier alpha value is -0.390. The number of aromatic nitrogens is 2. The molecule has 16 heavy (non-hydrogen) atoms. The van der Waals surface area contributed by atoms with Crippen molar-refractivity contribution in [1.82, 2.24) is 9.78 Å². The Morgan fingerprint density at radius 1 is 1.56 bits per heavy atom. The van der Waals surface area contributed by atoms with E-state index in [0.29, 0.717) is 13.2 Å². The van der Waals surface area contributed by atoms with E-state index < -0.39 is 0 Å². The Bertz CT molecular complexity index is 360. The molecule has 92 valence electrons. The maximum absolute atomic E-state index is 6.19. The van der Waals surface area contributed by atoms with Crippen molar-refractivity contribution in [1.29, 1.82) is 0 Å². The van der Waals surface area contributed by atoms with Gasteiger partial charge < -0.3 is 10.5 Å². The number of hydrogen-bond acceptors (Lipinski definition) is 3. The number of nitrogens with zero attached hydrogens (tertiary/aromatic N) is 2. The van der Waals surface area contributed by atoms with Gasteiger partial charge in [0.2, 0.25) is 0 Å². The van der Waals surface area contributed by atoms with Gasteiger partial charge in [0.25, 0.3) is 0 Å². The Balaban J connectivity index is 2.79. The standard InChI is InChI=1S/C11H20BrN3O/c1-5-16-7-11(3,13)6-9-10(12)8(2)14-15(9)4/h5-7,13H2,1-4H3. The van der Waals surface area contributed by atoms with Crippen LogP contribution in [-0.2, 0) is 18.2 Å². The number of hydrogen-bond donors (Lipinski definition) is 1. The summed E-state index contributed by atoms with van der Waals surface area (Å²) in [5, 5.41) is 4.35. The van der Waals surface area contributed by atoms with E-state index in [0.717, 1.165) is 22.3 Å². The van der Waals surface area contributed by atoms with Crippen molar-refractivity contribution in [3.63, 3.8) is 0 Å². The fraction of sp³-hybridized carbons (Fsp3) is 0.727. The van der Waals surface area contributed by atoms with Crippen molar-refractivity contribution >= 4 is 15.9 Å². The van der Waals surface area contributed by atoms with Gasteiger partial charge in [-0.3, -0.25) is 4.68 Å². The molecule has 0 aliphatic rings. The van der Waals surface area contributed by atoms with Gasteiger partial charge in [-0.15, -0.1) is 0 Å². The zero-order chi connectivity index (χ0) is 12.3. The van der Waals surface area contributed by atoms with Gasteiger partial charge in [0.15, 0.2) is 0 Å². The molecule has 0 aliphatic carbocycles. The Kier molecular flexibility index (Phi) is 4.52. The van der Waals surface area contributed by atoms with Crippen LogP contribution in [-0.4, -0.2) is 28.5 Å². The smallest absolute Gasteiger partial charge is 0.0738 e. The van der Waals surface area contributed by atoms with Crippen LogP contribution in [0.15, 0.2) is 4.47 Å². The molecule has 0 saturated carbocycles. The second kappa shape index (κ2) is 5.29. The van der Waals surface area contributed by atoms with Crippen LogP contribution in [0.5, 0.6) is 0 Å². The number of ether oxygens (including phenoxy) is 1. The van der Waals surface area contributed by atoms with Crippen molar-refractivity contribution in [3.05, 3.63) is 15.9 Å². The van der Waals surface area contributed by atoms with E-state index in [9.17, 15) is 0 Å². The first-order chi connectivity index (χ1) is 7.37. The van der Waals surface area contributed by atoms with E-state index in [1.165, 1.54) is 0 Å². The predicted molar refractivity (Wildman–Crippen MR) is 68.4 cm³/mol. The third-order valence-corrected chi connectivity index (χ3v) is 3.50. The minimum absolute atomic E-state index is 0.362. The van der Waals surface area contributed by atoms with Crippen molar-refractivity contribution < 1.29 is 4.74 Å². The summed E-state index contributed by atoms with van der Waals surface area (Å²) in [4.78, 5) is 0. The minimum atomic E-state index is -0.362. The second-order valence-corrected chi connectivity index (χ2v) is 5.23. The first-order valence-electron chi connectivity index (χ1n) is 5.42. The number of nitrogens with two attached hydrogens (primary N) is 1. The van der Waals surface area contributed by atoms with Gasteiger partial charge in [-0.25, -0.2) is 0 Å². The Labute approximate surface area is 105 Å². The lowest BCUT2D eigenvalue weighted by molar-refractivity contribution is 0.100. The maximum atomic E-state index is 6.19. The molecule has 1 unspecified atom stereocenters. The summed E-state index contributed by atoms with van der Waals surface area (Å²) in [7, 11) is 1.93. The van der Waals surface area contributed by atoms with Crippen LogP contribution >= 0.6 is 15.9 Å². The molecule has 0 radical (unpaired) electrons. The van der Waals surface area contributed by atoms with Gasteiger partial charge >= 0.3 is 0 Å².